The van der Waals surface area contributed by atoms with Gasteiger partial charge in [-0.3, -0.25) is 0 Å². The lowest BCUT2D eigenvalue weighted by molar-refractivity contribution is 0.340. The highest BCUT2D eigenvalue weighted by molar-refractivity contribution is 5.59. The van der Waals surface area contributed by atoms with Crippen molar-refractivity contribution in [3.05, 3.63) is 16.8 Å². The molecule has 0 saturated carbocycles. The Morgan fingerprint density at radius 2 is 2.14 bits per heavy atom. The average Bonchev–Trinajstić information content (AvgIpc) is 2.96. The van der Waals surface area contributed by atoms with Gasteiger partial charge in [-0.1, -0.05) is 13.8 Å². The summed E-state index contributed by atoms with van der Waals surface area (Å²) in [6, 6.07) is 2.93. The van der Waals surface area contributed by atoms with E-state index in [1.54, 1.807) is 0 Å². The van der Waals surface area contributed by atoms with Crippen LogP contribution >= 0.6 is 0 Å². The Morgan fingerprint density at radius 1 is 1.29 bits per heavy atom. The molecule has 112 valence electrons. The number of hydrogen-bond donors (Lipinski definition) is 1. The maximum atomic E-state index is 9.61. The first-order valence-corrected chi connectivity index (χ1v) is 8.05. The Morgan fingerprint density at radius 3 is 2.81 bits per heavy atom. The van der Waals surface area contributed by atoms with Crippen LogP contribution in [0.15, 0.2) is 0 Å². The van der Waals surface area contributed by atoms with E-state index >= 15 is 0 Å². The summed E-state index contributed by atoms with van der Waals surface area (Å²) in [5, 5.41) is 22.0. The second-order valence-electron chi connectivity index (χ2n) is 6.01. The largest absolute Gasteiger partial charge is 0.352 e. The van der Waals surface area contributed by atoms with Crippen molar-refractivity contribution in [2.45, 2.75) is 45.6 Å². The molecule has 0 radical (unpaired) electrons. The fraction of sp³-hybridized carbons (Fsp3) is 0.688. The van der Waals surface area contributed by atoms with Gasteiger partial charge in [-0.25, -0.2) is 0 Å². The van der Waals surface area contributed by atoms with Crippen LogP contribution in [-0.4, -0.2) is 35.9 Å². The lowest BCUT2D eigenvalue weighted by Crippen LogP contribution is -2.40. The predicted octanol–water partition coefficient (Wildman–Crippen LogP) is 1.66. The van der Waals surface area contributed by atoms with Gasteiger partial charge >= 0.3 is 0 Å². The van der Waals surface area contributed by atoms with E-state index in [2.05, 4.69) is 40.3 Å². The number of hydrogen-bond acceptors (Lipinski definition) is 5. The SMILES string of the molecule is CCc1nnc(N2CC3CCCNC3C2)c(C#N)c1CC. The normalized spacial score (nSPS) is 24.7. The quantitative estimate of drug-likeness (QED) is 0.915. The Balaban J connectivity index is 1.94. The van der Waals surface area contributed by atoms with Crippen LogP contribution in [0.3, 0.4) is 0 Å². The van der Waals surface area contributed by atoms with Crippen LogP contribution in [0.2, 0.25) is 0 Å². The number of rotatable bonds is 3. The second-order valence-corrected chi connectivity index (χ2v) is 6.01. The fourth-order valence-electron chi connectivity index (χ4n) is 3.72. The van der Waals surface area contributed by atoms with Gasteiger partial charge in [0, 0.05) is 19.1 Å². The molecule has 1 aromatic rings. The van der Waals surface area contributed by atoms with E-state index in [4.69, 9.17) is 0 Å². The number of piperidine rings is 1. The van der Waals surface area contributed by atoms with E-state index in [-0.39, 0.29) is 0 Å². The predicted molar refractivity (Wildman–Crippen MR) is 82.2 cm³/mol. The Labute approximate surface area is 126 Å². The van der Waals surface area contributed by atoms with E-state index in [1.807, 2.05) is 0 Å². The van der Waals surface area contributed by atoms with Crippen molar-refractivity contribution in [2.24, 2.45) is 5.92 Å². The maximum absolute atomic E-state index is 9.61. The fourth-order valence-corrected chi connectivity index (χ4v) is 3.72. The Hall–Kier alpha value is -1.67. The van der Waals surface area contributed by atoms with Crippen molar-refractivity contribution in [1.29, 1.82) is 5.26 Å². The summed E-state index contributed by atoms with van der Waals surface area (Å²) in [6.45, 7) is 7.21. The van der Waals surface area contributed by atoms with Crippen LogP contribution in [0, 0.1) is 17.2 Å². The van der Waals surface area contributed by atoms with E-state index in [9.17, 15) is 5.26 Å². The van der Waals surface area contributed by atoms with Crippen molar-refractivity contribution in [1.82, 2.24) is 15.5 Å². The summed E-state index contributed by atoms with van der Waals surface area (Å²) < 4.78 is 0. The minimum atomic E-state index is 0.544. The molecule has 0 amide bonds. The molecule has 2 fully saturated rings. The zero-order valence-electron chi connectivity index (χ0n) is 12.9. The molecular weight excluding hydrogens is 262 g/mol. The minimum Gasteiger partial charge on any atom is -0.352 e. The third-order valence-corrected chi connectivity index (χ3v) is 4.84. The van der Waals surface area contributed by atoms with Gasteiger partial charge in [-0.2, -0.15) is 10.4 Å². The number of nitrogens with one attached hydrogen (secondary N) is 1. The van der Waals surface area contributed by atoms with E-state index in [0.29, 0.717) is 12.0 Å². The molecule has 5 heteroatoms. The van der Waals surface area contributed by atoms with E-state index in [1.165, 1.54) is 12.8 Å². The highest BCUT2D eigenvalue weighted by Crippen LogP contribution is 2.31. The van der Waals surface area contributed by atoms with Crippen LogP contribution < -0.4 is 10.2 Å². The number of nitrogens with zero attached hydrogens (tertiary/aromatic N) is 4. The number of nitriles is 1. The molecule has 3 heterocycles. The minimum absolute atomic E-state index is 0.544. The first-order valence-electron chi connectivity index (χ1n) is 8.05. The van der Waals surface area contributed by atoms with Crippen molar-refractivity contribution in [3.63, 3.8) is 0 Å². The average molecular weight is 285 g/mol. The molecule has 1 aromatic heterocycles. The molecule has 2 aliphatic heterocycles. The molecule has 5 nitrogen and oxygen atoms in total. The molecule has 2 aliphatic rings. The summed E-state index contributed by atoms with van der Waals surface area (Å²) in [7, 11) is 0. The summed E-state index contributed by atoms with van der Waals surface area (Å²) in [6.07, 6.45) is 4.20. The third-order valence-electron chi connectivity index (χ3n) is 4.84. The molecule has 2 unspecified atom stereocenters. The van der Waals surface area contributed by atoms with Crippen LogP contribution in [0.1, 0.15) is 43.5 Å². The highest BCUT2D eigenvalue weighted by atomic mass is 15.3. The van der Waals surface area contributed by atoms with Crippen molar-refractivity contribution >= 4 is 5.82 Å². The summed E-state index contributed by atoms with van der Waals surface area (Å²) in [5.74, 6) is 1.48. The van der Waals surface area contributed by atoms with Gasteiger partial charge in [-0.05, 0) is 43.7 Å². The standard InChI is InChI=1S/C16H23N5/c1-3-12-13(8-17)16(20-19-14(12)4-2)21-9-11-6-5-7-18-15(11)10-21/h11,15,18H,3-7,9-10H2,1-2H3. The van der Waals surface area contributed by atoms with Gasteiger partial charge in [-0.15, -0.1) is 5.10 Å². The van der Waals surface area contributed by atoms with Crippen molar-refractivity contribution < 1.29 is 0 Å². The molecule has 2 atom stereocenters. The van der Waals surface area contributed by atoms with E-state index < -0.39 is 0 Å². The molecule has 1 N–H and O–H groups in total. The summed E-state index contributed by atoms with van der Waals surface area (Å²) >= 11 is 0. The van der Waals surface area contributed by atoms with Crippen LogP contribution in [0.5, 0.6) is 0 Å². The summed E-state index contributed by atoms with van der Waals surface area (Å²) in [4.78, 5) is 2.26. The lowest BCUT2D eigenvalue weighted by atomic mass is 9.94. The van der Waals surface area contributed by atoms with Gasteiger partial charge in [0.05, 0.1) is 5.69 Å². The molecule has 21 heavy (non-hydrogen) atoms. The molecule has 0 bridgehead atoms. The first-order chi connectivity index (χ1) is 10.3. The van der Waals surface area contributed by atoms with Crippen LogP contribution in [-0.2, 0) is 12.8 Å². The topological polar surface area (TPSA) is 64.8 Å². The number of fused-ring (bicyclic) bond motifs is 1. The zero-order valence-corrected chi connectivity index (χ0v) is 12.9. The second kappa shape index (κ2) is 5.98. The van der Waals surface area contributed by atoms with Gasteiger partial charge in [0.1, 0.15) is 11.6 Å². The van der Waals surface area contributed by atoms with Gasteiger partial charge in [0.25, 0.3) is 0 Å². The van der Waals surface area contributed by atoms with Gasteiger partial charge in [0.15, 0.2) is 5.82 Å². The number of aryl methyl sites for hydroxylation is 1. The molecule has 0 aromatic carbocycles. The monoisotopic (exact) mass is 285 g/mol. The number of anilines is 1. The summed E-state index contributed by atoms with van der Waals surface area (Å²) in [5.41, 5.74) is 2.78. The molecular formula is C16H23N5. The third kappa shape index (κ3) is 2.49. The van der Waals surface area contributed by atoms with Gasteiger partial charge < -0.3 is 10.2 Å². The molecule has 0 aliphatic carbocycles. The highest BCUT2D eigenvalue weighted by Gasteiger charge is 2.36. The molecule has 3 rings (SSSR count). The van der Waals surface area contributed by atoms with Crippen LogP contribution in [0.25, 0.3) is 0 Å². The van der Waals surface area contributed by atoms with Crippen molar-refractivity contribution in [3.8, 4) is 6.07 Å². The zero-order chi connectivity index (χ0) is 14.8. The van der Waals surface area contributed by atoms with Crippen LogP contribution in [0.4, 0.5) is 5.82 Å². The smallest absolute Gasteiger partial charge is 0.169 e. The van der Waals surface area contributed by atoms with Crippen molar-refractivity contribution in [2.75, 3.05) is 24.5 Å². The first kappa shape index (κ1) is 14.3. The Kier molecular flexibility index (Phi) is 4.07. The maximum Gasteiger partial charge on any atom is 0.169 e. The van der Waals surface area contributed by atoms with E-state index in [0.717, 1.165) is 55.1 Å². The number of aromatic nitrogens is 2. The lowest BCUT2D eigenvalue weighted by Gasteiger charge is -2.24. The molecule has 2 saturated heterocycles. The Bertz CT molecular complexity index is 549. The van der Waals surface area contributed by atoms with Gasteiger partial charge in [0.2, 0.25) is 0 Å². The molecule has 0 spiro atoms.